The van der Waals surface area contributed by atoms with Gasteiger partial charge in [-0.2, -0.15) is 0 Å². The first-order valence-electron chi connectivity index (χ1n) is 5.24. The molecule has 0 amide bonds. The van der Waals surface area contributed by atoms with Gasteiger partial charge >= 0.3 is 0 Å². The van der Waals surface area contributed by atoms with E-state index in [1.807, 2.05) is 0 Å². The molecule has 0 rings (SSSR count). The van der Waals surface area contributed by atoms with Crippen molar-refractivity contribution in [2.24, 2.45) is 5.92 Å². The normalized spacial score (nSPS) is 12.8. The van der Waals surface area contributed by atoms with Crippen molar-refractivity contribution in [3.05, 3.63) is 11.1 Å². The van der Waals surface area contributed by atoms with Gasteiger partial charge in [0.05, 0.1) is 0 Å². The van der Waals surface area contributed by atoms with E-state index in [0.29, 0.717) is 0 Å². The molecule has 0 aromatic heterocycles. The molecular weight excluding hydrogens is 144 g/mol. The number of hydrogen-bond donors (Lipinski definition) is 0. The second-order valence-electron chi connectivity index (χ2n) is 4.05. The molecule has 0 aliphatic carbocycles. The van der Waals surface area contributed by atoms with E-state index in [0.717, 1.165) is 5.92 Å². The van der Waals surface area contributed by atoms with Crippen LogP contribution >= 0.6 is 0 Å². The van der Waals surface area contributed by atoms with Crippen molar-refractivity contribution < 1.29 is 0 Å². The van der Waals surface area contributed by atoms with Gasteiger partial charge in [-0.15, -0.1) is 0 Å². The van der Waals surface area contributed by atoms with Gasteiger partial charge in [-0.3, -0.25) is 0 Å². The van der Waals surface area contributed by atoms with E-state index in [-0.39, 0.29) is 0 Å². The first-order chi connectivity index (χ1) is 5.61. The average Bonchev–Trinajstić information content (AvgIpc) is 2.03. The van der Waals surface area contributed by atoms with Crippen LogP contribution in [0.1, 0.15) is 60.3 Å². The summed E-state index contributed by atoms with van der Waals surface area (Å²) in [6.45, 7) is 11.3. The van der Waals surface area contributed by atoms with Crippen LogP contribution in [0, 0.1) is 5.92 Å². The lowest BCUT2D eigenvalue weighted by Crippen LogP contribution is -1.99. The second-order valence-corrected chi connectivity index (χ2v) is 4.05. The summed E-state index contributed by atoms with van der Waals surface area (Å²) in [6, 6.07) is 0. The molecule has 1 atom stereocenters. The highest BCUT2D eigenvalue weighted by Gasteiger charge is 2.05. The van der Waals surface area contributed by atoms with E-state index < -0.39 is 0 Å². The van der Waals surface area contributed by atoms with Crippen molar-refractivity contribution in [1.29, 1.82) is 0 Å². The highest BCUT2D eigenvalue weighted by Crippen LogP contribution is 2.21. The third-order valence-corrected chi connectivity index (χ3v) is 2.72. The molecule has 0 radical (unpaired) electrons. The number of hydrogen-bond acceptors (Lipinski definition) is 0. The Morgan fingerprint density at radius 2 is 1.67 bits per heavy atom. The van der Waals surface area contributed by atoms with Crippen LogP contribution in [0.25, 0.3) is 0 Å². The Labute approximate surface area is 78.1 Å². The molecule has 72 valence electrons. The minimum atomic E-state index is 0.921. The van der Waals surface area contributed by atoms with Gasteiger partial charge in [-0.05, 0) is 33.1 Å². The average molecular weight is 168 g/mol. The zero-order valence-corrected chi connectivity index (χ0v) is 9.41. The lowest BCUT2D eigenvalue weighted by Gasteiger charge is -2.14. The van der Waals surface area contributed by atoms with Crippen LogP contribution < -0.4 is 0 Å². The standard InChI is InChI=1S/C12H24/c1-6-8-12(7-2)9-11(5)10(3)4/h12H,6-9H2,1-5H3. The molecule has 1 unspecified atom stereocenters. The molecule has 0 aromatic rings. The van der Waals surface area contributed by atoms with Crippen LogP contribution in [0.5, 0.6) is 0 Å². The SMILES string of the molecule is CCCC(CC)CC(C)=C(C)C. The Morgan fingerprint density at radius 1 is 1.08 bits per heavy atom. The van der Waals surface area contributed by atoms with Gasteiger partial charge < -0.3 is 0 Å². The van der Waals surface area contributed by atoms with Crippen molar-refractivity contribution in [3.63, 3.8) is 0 Å². The summed E-state index contributed by atoms with van der Waals surface area (Å²) in [5.74, 6) is 0.921. The number of allylic oxidation sites excluding steroid dienone is 2. The molecule has 0 saturated heterocycles. The predicted octanol–water partition coefficient (Wildman–Crippen LogP) is 4.56. The highest BCUT2D eigenvalue weighted by molar-refractivity contribution is 5.07. The molecule has 0 N–H and O–H groups in total. The molecule has 0 saturated carbocycles. The van der Waals surface area contributed by atoms with Crippen molar-refractivity contribution in [2.45, 2.75) is 60.3 Å². The van der Waals surface area contributed by atoms with Crippen molar-refractivity contribution in [1.82, 2.24) is 0 Å². The Hall–Kier alpha value is -0.260. The summed E-state index contributed by atoms with van der Waals surface area (Å²) in [5, 5.41) is 0. The van der Waals surface area contributed by atoms with Crippen LogP contribution in [0.2, 0.25) is 0 Å². The first-order valence-corrected chi connectivity index (χ1v) is 5.24. The zero-order valence-electron chi connectivity index (χ0n) is 9.41. The molecular formula is C12H24. The second kappa shape index (κ2) is 6.28. The fraction of sp³-hybridized carbons (Fsp3) is 0.833. The van der Waals surface area contributed by atoms with Crippen LogP contribution in [0.4, 0.5) is 0 Å². The molecule has 0 aliphatic heterocycles. The zero-order chi connectivity index (χ0) is 9.56. The third-order valence-electron chi connectivity index (χ3n) is 2.72. The Kier molecular flexibility index (Phi) is 6.14. The van der Waals surface area contributed by atoms with Gasteiger partial charge in [0.25, 0.3) is 0 Å². The Balaban J connectivity index is 3.94. The molecule has 0 aromatic carbocycles. The van der Waals surface area contributed by atoms with Crippen LogP contribution in [0.3, 0.4) is 0 Å². The molecule has 0 spiro atoms. The maximum absolute atomic E-state index is 2.30. The molecule has 0 fully saturated rings. The maximum atomic E-state index is 2.30. The molecule has 0 aliphatic rings. The molecule has 0 nitrogen and oxygen atoms in total. The van der Waals surface area contributed by atoms with E-state index in [9.17, 15) is 0 Å². The van der Waals surface area contributed by atoms with E-state index in [1.54, 1.807) is 5.57 Å². The van der Waals surface area contributed by atoms with E-state index in [4.69, 9.17) is 0 Å². The highest BCUT2D eigenvalue weighted by atomic mass is 14.1. The van der Waals surface area contributed by atoms with Gasteiger partial charge in [0.1, 0.15) is 0 Å². The Morgan fingerprint density at radius 3 is 2.00 bits per heavy atom. The largest absolute Gasteiger partial charge is 0.0775 e. The number of rotatable bonds is 5. The minimum Gasteiger partial charge on any atom is -0.0775 e. The maximum Gasteiger partial charge on any atom is -0.0292 e. The first kappa shape index (κ1) is 11.7. The van der Waals surface area contributed by atoms with E-state index >= 15 is 0 Å². The lowest BCUT2D eigenvalue weighted by atomic mass is 9.92. The summed E-state index contributed by atoms with van der Waals surface area (Å²) in [6.07, 6.45) is 5.36. The van der Waals surface area contributed by atoms with Crippen LogP contribution in [0.15, 0.2) is 11.1 Å². The predicted molar refractivity (Wildman–Crippen MR) is 57.4 cm³/mol. The summed E-state index contributed by atoms with van der Waals surface area (Å²) >= 11 is 0. The Bertz CT molecular complexity index is 138. The van der Waals surface area contributed by atoms with Crippen molar-refractivity contribution in [2.75, 3.05) is 0 Å². The van der Waals surface area contributed by atoms with Crippen molar-refractivity contribution >= 4 is 0 Å². The fourth-order valence-electron chi connectivity index (χ4n) is 1.50. The molecule has 0 heteroatoms. The quantitative estimate of drug-likeness (QED) is 0.528. The monoisotopic (exact) mass is 168 g/mol. The fourth-order valence-corrected chi connectivity index (χ4v) is 1.50. The van der Waals surface area contributed by atoms with Gasteiger partial charge in [0.2, 0.25) is 0 Å². The minimum absolute atomic E-state index is 0.921. The smallest absolute Gasteiger partial charge is 0.0292 e. The molecule has 0 bridgehead atoms. The van der Waals surface area contributed by atoms with E-state index in [2.05, 4.69) is 34.6 Å². The van der Waals surface area contributed by atoms with Crippen LogP contribution in [-0.4, -0.2) is 0 Å². The van der Waals surface area contributed by atoms with Gasteiger partial charge in [-0.25, -0.2) is 0 Å². The van der Waals surface area contributed by atoms with Gasteiger partial charge in [0, 0.05) is 0 Å². The van der Waals surface area contributed by atoms with Crippen LogP contribution in [-0.2, 0) is 0 Å². The topological polar surface area (TPSA) is 0 Å². The summed E-state index contributed by atoms with van der Waals surface area (Å²) in [7, 11) is 0. The van der Waals surface area contributed by atoms with Crippen molar-refractivity contribution in [3.8, 4) is 0 Å². The summed E-state index contributed by atoms with van der Waals surface area (Å²) in [4.78, 5) is 0. The van der Waals surface area contributed by atoms with Gasteiger partial charge in [0.15, 0.2) is 0 Å². The summed E-state index contributed by atoms with van der Waals surface area (Å²) in [5.41, 5.74) is 3.10. The summed E-state index contributed by atoms with van der Waals surface area (Å²) < 4.78 is 0. The van der Waals surface area contributed by atoms with Gasteiger partial charge in [-0.1, -0.05) is 44.3 Å². The lowest BCUT2D eigenvalue weighted by molar-refractivity contribution is 0.459. The third kappa shape index (κ3) is 4.58. The molecule has 12 heavy (non-hydrogen) atoms. The van der Waals surface area contributed by atoms with E-state index in [1.165, 1.54) is 31.3 Å². The molecule has 0 heterocycles.